The highest BCUT2D eigenvalue weighted by Crippen LogP contribution is 2.51. The molecule has 1 aromatic heterocycles. The third-order valence-electron chi connectivity index (χ3n) is 5.01. The van der Waals surface area contributed by atoms with Gasteiger partial charge in [-0.2, -0.15) is 43.9 Å². The maximum Gasteiger partial charge on any atom is 0.460 e. The molecule has 0 bridgehead atoms. The van der Waals surface area contributed by atoms with Crippen LogP contribution in [0.25, 0.3) is 11.1 Å². The standard InChI is InChI=1S/C20H15F10N3/c21-17(22,19(26,27)20(28,29)30)15-9-14(10-3-7-13(31)8-4-10)32-16(33-15)11-1-5-12(6-2-11)18(23,24)25/h1-5,7,9,12-13H,6,8,31H2. The molecule has 2 unspecified atom stereocenters. The molecule has 2 N–H and O–H groups in total. The fourth-order valence-electron chi connectivity index (χ4n) is 3.08. The molecule has 1 aromatic rings. The van der Waals surface area contributed by atoms with E-state index in [2.05, 4.69) is 9.97 Å². The molecular weight excluding hydrogens is 472 g/mol. The van der Waals surface area contributed by atoms with Crippen LogP contribution in [0.3, 0.4) is 0 Å². The Kier molecular flexibility index (Phi) is 6.24. The van der Waals surface area contributed by atoms with Crippen molar-refractivity contribution in [3.05, 3.63) is 59.7 Å². The lowest BCUT2D eigenvalue weighted by Crippen LogP contribution is -2.50. The molecule has 0 aliphatic heterocycles. The van der Waals surface area contributed by atoms with Crippen molar-refractivity contribution >= 4 is 11.1 Å². The van der Waals surface area contributed by atoms with E-state index >= 15 is 0 Å². The first-order chi connectivity index (χ1) is 15.0. The number of hydrogen-bond acceptors (Lipinski definition) is 3. The number of halogens is 10. The van der Waals surface area contributed by atoms with Crippen LogP contribution in [-0.2, 0) is 5.92 Å². The lowest BCUT2D eigenvalue weighted by atomic mass is 9.95. The van der Waals surface area contributed by atoms with Crippen LogP contribution in [0, 0.1) is 5.92 Å². The van der Waals surface area contributed by atoms with Crippen LogP contribution in [0.4, 0.5) is 43.9 Å². The predicted molar refractivity (Wildman–Crippen MR) is 97.9 cm³/mol. The Morgan fingerprint density at radius 2 is 1.39 bits per heavy atom. The number of hydrogen-bond donors (Lipinski definition) is 1. The Hall–Kier alpha value is -2.70. The molecular formula is C20H15F10N3. The van der Waals surface area contributed by atoms with Crippen molar-refractivity contribution in [2.24, 2.45) is 11.7 Å². The number of rotatable bonds is 4. The molecule has 3 nitrogen and oxygen atoms in total. The molecule has 13 heteroatoms. The average molecular weight is 487 g/mol. The molecule has 0 aromatic carbocycles. The molecule has 3 rings (SSSR count). The number of allylic oxidation sites excluding steroid dienone is 6. The van der Waals surface area contributed by atoms with Gasteiger partial charge in [-0.25, -0.2) is 9.97 Å². The van der Waals surface area contributed by atoms with Gasteiger partial charge in [0.1, 0.15) is 5.69 Å². The van der Waals surface area contributed by atoms with E-state index in [1.807, 2.05) is 0 Å². The Labute approximate surface area is 180 Å². The first kappa shape index (κ1) is 24.9. The zero-order chi connectivity index (χ0) is 24.8. The van der Waals surface area contributed by atoms with Gasteiger partial charge in [-0.1, -0.05) is 36.5 Å². The topological polar surface area (TPSA) is 51.8 Å². The quantitative estimate of drug-likeness (QED) is 0.534. The van der Waals surface area contributed by atoms with Crippen LogP contribution < -0.4 is 5.73 Å². The summed E-state index contributed by atoms with van der Waals surface area (Å²) in [6, 6.07) is -0.143. The fraction of sp³-hybridized carbons (Fsp3) is 0.400. The van der Waals surface area contributed by atoms with E-state index in [9.17, 15) is 43.9 Å². The van der Waals surface area contributed by atoms with E-state index < -0.39 is 59.8 Å². The van der Waals surface area contributed by atoms with Gasteiger partial charge in [0.2, 0.25) is 0 Å². The highest BCUT2D eigenvalue weighted by molar-refractivity contribution is 5.76. The van der Waals surface area contributed by atoms with Gasteiger partial charge in [0.25, 0.3) is 0 Å². The molecule has 33 heavy (non-hydrogen) atoms. The molecule has 2 atom stereocenters. The molecule has 0 spiro atoms. The minimum absolute atomic E-state index is 0.0984. The normalized spacial score (nSPS) is 22.3. The third-order valence-corrected chi connectivity index (χ3v) is 5.01. The smallest absolute Gasteiger partial charge is 0.324 e. The van der Waals surface area contributed by atoms with Crippen LogP contribution in [-0.4, -0.2) is 34.3 Å². The molecule has 0 saturated heterocycles. The van der Waals surface area contributed by atoms with Gasteiger partial charge < -0.3 is 5.73 Å². The minimum atomic E-state index is -6.59. The second-order valence-corrected chi connectivity index (χ2v) is 7.43. The van der Waals surface area contributed by atoms with Gasteiger partial charge in [0.05, 0.1) is 11.6 Å². The average Bonchev–Trinajstić information content (AvgIpc) is 2.72. The molecule has 2 aliphatic rings. The fourth-order valence-corrected chi connectivity index (χ4v) is 3.08. The minimum Gasteiger partial charge on any atom is -0.324 e. The second kappa shape index (κ2) is 8.26. The summed E-state index contributed by atoms with van der Waals surface area (Å²) in [5.41, 5.74) is 3.18. The SMILES string of the molecule is NC1C=CC(c2cc(C(F)(F)C(F)(F)C(F)(F)F)nc(C3=CCC(C(F)(F)F)C=C3)n2)=CC1. The first-order valence-electron chi connectivity index (χ1n) is 9.35. The van der Waals surface area contributed by atoms with E-state index in [-0.39, 0.29) is 17.6 Å². The van der Waals surface area contributed by atoms with Crippen LogP contribution in [0.1, 0.15) is 30.1 Å². The van der Waals surface area contributed by atoms with E-state index in [4.69, 9.17) is 5.73 Å². The van der Waals surface area contributed by atoms with Crippen molar-refractivity contribution < 1.29 is 43.9 Å². The van der Waals surface area contributed by atoms with Crippen LogP contribution in [0.2, 0.25) is 0 Å². The van der Waals surface area contributed by atoms with E-state index in [1.165, 1.54) is 18.2 Å². The number of alkyl halides is 10. The lowest BCUT2D eigenvalue weighted by molar-refractivity contribution is -0.360. The van der Waals surface area contributed by atoms with Crippen LogP contribution >= 0.6 is 0 Å². The summed E-state index contributed by atoms with van der Waals surface area (Å²) < 4.78 is 133. The zero-order valence-electron chi connectivity index (χ0n) is 16.4. The summed E-state index contributed by atoms with van der Waals surface area (Å²) in [5, 5.41) is 0. The second-order valence-electron chi connectivity index (χ2n) is 7.43. The highest BCUT2D eigenvalue weighted by atomic mass is 19.4. The molecule has 0 saturated carbocycles. The van der Waals surface area contributed by atoms with Crippen molar-refractivity contribution in [3.63, 3.8) is 0 Å². The van der Waals surface area contributed by atoms with Gasteiger partial charge in [-0.15, -0.1) is 0 Å². The van der Waals surface area contributed by atoms with Gasteiger partial charge in [0.15, 0.2) is 5.82 Å². The Balaban J connectivity index is 2.12. The Bertz CT molecular complexity index is 1030. The van der Waals surface area contributed by atoms with E-state index in [1.54, 1.807) is 0 Å². The van der Waals surface area contributed by atoms with Gasteiger partial charge >= 0.3 is 24.2 Å². The summed E-state index contributed by atoms with van der Waals surface area (Å²) in [4.78, 5) is 7.11. The molecule has 2 aliphatic carbocycles. The lowest BCUT2D eigenvalue weighted by Gasteiger charge is -2.28. The summed E-state index contributed by atoms with van der Waals surface area (Å²) in [7, 11) is 0. The molecule has 0 radical (unpaired) electrons. The van der Waals surface area contributed by atoms with Gasteiger partial charge in [-0.05, 0) is 24.5 Å². The van der Waals surface area contributed by atoms with Crippen molar-refractivity contribution in [2.45, 2.75) is 43.1 Å². The third kappa shape index (κ3) is 4.82. The van der Waals surface area contributed by atoms with Gasteiger partial charge in [-0.3, -0.25) is 0 Å². The highest BCUT2D eigenvalue weighted by Gasteiger charge is 2.74. The Morgan fingerprint density at radius 1 is 0.788 bits per heavy atom. The van der Waals surface area contributed by atoms with Crippen molar-refractivity contribution in [2.75, 3.05) is 0 Å². The number of nitrogens with two attached hydrogens (primary N) is 1. The monoisotopic (exact) mass is 487 g/mol. The van der Waals surface area contributed by atoms with E-state index in [0.29, 0.717) is 12.1 Å². The molecule has 0 amide bonds. The van der Waals surface area contributed by atoms with Gasteiger partial charge in [0, 0.05) is 11.6 Å². The maximum atomic E-state index is 14.4. The van der Waals surface area contributed by atoms with Crippen LogP contribution in [0.15, 0.2) is 42.5 Å². The summed E-state index contributed by atoms with van der Waals surface area (Å²) in [6.45, 7) is 0. The molecule has 0 fully saturated rings. The van der Waals surface area contributed by atoms with Crippen LogP contribution in [0.5, 0.6) is 0 Å². The summed E-state index contributed by atoms with van der Waals surface area (Å²) in [6.07, 6.45) is -4.95. The first-order valence-corrected chi connectivity index (χ1v) is 9.35. The molecule has 180 valence electrons. The maximum absolute atomic E-state index is 14.4. The summed E-state index contributed by atoms with van der Waals surface area (Å²) >= 11 is 0. The largest absolute Gasteiger partial charge is 0.460 e. The molecule has 1 heterocycles. The van der Waals surface area contributed by atoms with E-state index in [0.717, 1.165) is 12.2 Å². The number of nitrogens with zero attached hydrogens (tertiary/aromatic N) is 2. The predicted octanol–water partition coefficient (Wildman–Crippen LogP) is 5.96. The number of aromatic nitrogens is 2. The zero-order valence-corrected chi connectivity index (χ0v) is 16.4. The van der Waals surface area contributed by atoms with Crippen molar-refractivity contribution in [1.29, 1.82) is 0 Å². The summed E-state index contributed by atoms with van der Waals surface area (Å²) in [5.74, 6) is -14.9. The van der Waals surface area contributed by atoms with Crippen molar-refractivity contribution in [3.8, 4) is 0 Å². The Morgan fingerprint density at radius 3 is 1.88 bits per heavy atom. The van der Waals surface area contributed by atoms with Crippen molar-refractivity contribution in [1.82, 2.24) is 9.97 Å².